The number of hydrogen-bond donors (Lipinski definition) is 1. The summed E-state index contributed by atoms with van der Waals surface area (Å²) in [5.74, 6) is 0.0165. The SMILES string of the molecule is CC(C)C1C(=O)NC(C)(C)C(=O)N1CCOC1CCCC1. The van der Waals surface area contributed by atoms with Crippen LogP contribution in [0.2, 0.25) is 0 Å². The molecule has 2 aliphatic rings. The van der Waals surface area contributed by atoms with Gasteiger partial charge in [-0.05, 0) is 32.6 Å². The number of carbonyl (C=O) groups is 2. The van der Waals surface area contributed by atoms with Gasteiger partial charge in [-0.25, -0.2) is 0 Å². The number of nitrogens with zero attached hydrogens (tertiary/aromatic N) is 1. The van der Waals surface area contributed by atoms with Gasteiger partial charge in [0.05, 0.1) is 12.7 Å². The van der Waals surface area contributed by atoms with E-state index in [1.165, 1.54) is 12.8 Å². The second-order valence-corrected chi connectivity index (χ2v) is 7.08. The van der Waals surface area contributed by atoms with E-state index in [1.54, 1.807) is 18.7 Å². The molecule has 0 bridgehead atoms. The summed E-state index contributed by atoms with van der Waals surface area (Å²) in [4.78, 5) is 26.6. The second kappa shape index (κ2) is 6.34. The Labute approximate surface area is 127 Å². The highest BCUT2D eigenvalue weighted by atomic mass is 16.5. The second-order valence-electron chi connectivity index (χ2n) is 7.08. The van der Waals surface area contributed by atoms with Gasteiger partial charge in [0.1, 0.15) is 11.6 Å². The molecular formula is C16H28N2O3. The molecule has 1 saturated heterocycles. The summed E-state index contributed by atoms with van der Waals surface area (Å²) in [7, 11) is 0. The van der Waals surface area contributed by atoms with Crippen molar-refractivity contribution >= 4 is 11.8 Å². The van der Waals surface area contributed by atoms with E-state index in [4.69, 9.17) is 4.74 Å². The highest BCUT2D eigenvalue weighted by Crippen LogP contribution is 2.24. The van der Waals surface area contributed by atoms with Crippen molar-refractivity contribution < 1.29 is 14.3 Å². The lowest BCUT2D eigenvalue weighted by atomic mass is 9.91. The monoisotopic (exact) mass is 296 g/mol. The van der Waals surface area contributed by atoms with Gasteiger partial charge in [0, 0.05) is 6.54 Å². The first-order valence-corrected chi connectivity index (χ1v) is 8.07. The summed E-state index contributed by atoms with van der Waals surface area (Å²) in [6, 6.07) is -0.391. The van der Waals surface area contributed by atoms with Gasteiger partial charge < -0.3 is 15.0 Å². The average molecular weight is 296 g/mol. The molecule has 5 heteroatoms. The smallest absolute Gasteiger partial charge is 0.248 e. The Morgan fingerprint density at radius 2 is 1.90 bits per heavy atom. The van der Waals surface area contributed by atoms with Crippen LogP contribution >= 0.6 is 0 Å². The Kier molecular flexibility index (Phi) is 4.91. The van der Waals surface area contributed by atoms with Crippen LogP contribution in [0, 0.1) is 5.92 Å². The maximum Gasteiger partial charge on any atom is 0.248 e. The number of amides is 2. The summed E-state index contributed by atoms with van der Waals surface area (Å²) < 4.78 is 5.86. The van der Waals surface area contributed by atoms with E-state index in [1.807, 2.05) is 13.8 Å². The lowest BCUT2D eigenvalue weighted by molar-refractivity contribution is -0.156. The molecule has 2 rings (SSSR count). The van der Waals surface area contributed by atoms with Crippen LogP contribution in [0.1, 0.15) is 53.4 Å². The normalized spacial score (nSPS) is 26.5. The first kappa shape index (κ1) is 16.3. The lowest BCUT2D eigenvalue weighted by Crippen LogP contribution is -2.69. The Hall–Kier alpha value is -1.10. The van der Waals surface area contributed by atoms with Crippen molar-refractivity contribution in [2.24, 2.45) is 5.92 Å². The van der Waals surface area contributed by atoms with E-state index in [-0.39, 0.29) is 17.7 Å². The van der Waals surface area contributed by atoms with E-state index < -0.39 is 11.6 Å². The summed E-state index contributed by atoms with van der Waals surface area (Å²) in [5, 5.41) is 2.83. The molecule has 0 aromatic carbocycles. The van der Waals surface area contributed by atoms with Gasteiger partial charge in [-0.15, -0.1) is 0 Å². The third-order valence-corrected chi connectivity index (χ3v) is 4.46. The summed E-state index contributed by atoms with van der Waals surface area (Å²) >= 11 is 0. The molecule has 1 heterocycles. The topological polar surface area (TPSA) is 58.6 Å². The summed E-state index contributed by atoms with van der Waals surface area (Å²) in [6.07, 6.45) is 5.04. The lowest BCUT2D eigenvalue weighted by Gasteiger charge is -2.44. The fraction of sp³-hybridized carbons (Fsp3) is 0.875. The van der Waals surface area contributed by atoms with Crippen LogP contribution in [-0.4, -0.2) is 47.6 Å². The van der Waals surface area contributed by atoms with E-state index >= 15 is 0 Å². The maximum absolute atomic E-state index is 12.6. The van der Waals surface area contributed by atoms with Crippen LogP contribution in [0.25, 0.3) is 0 Å². The Morgan fingerprint density at radius 3 is 2.48 bits per heavy atom. The van der Waals surface area contributed by atoms with Gasteiger partial charge in [-0.2, -0.15) is 0 Å². The van der Waals surface area contributed by atoms with Crippen LogP contribution < -0.4 is 5.32 Å². The van der Waals surface area contributed by atoms with Gasteiger partial charge in [0.2, 0.25) is 11.8 Å². The summed E-state index contributed by atoms with van der Waals surface area (Å²) in [5.41, 5.74) is -0.824. The van der Waals surface area contributed by atoms with Crippen LogP contribution in [0.5, 0.6) is 0 Å². The zero-order chi connectivity index (χ0) is 15.6. The van der Waals surface area contributed by atoms with Gasteiger partial charge in [-0.3, -0.25) is 9.59 Å². The molecule has 21 heavy (non-hydrogen) atoms. The first-order valence-electron chi connectivity index (χ1n) is 8.07. The molecule has 2 fully saturated rings. The van der Waals surface area contributed by atoms with Gasteiger partial charge >= 0.3 is 0 Å². The highest BCUT2D eigenvalue weighted by Gasteiger charge is 2.46. The van der Waals surface area contributed by atoms with Crippen molar-refractivity contribution in [2.45, 2.75) is 71.1 Å². The standard InChI is InChI=1S/C16H28N2O3/c1-11(2)13-14(19)17-16(3,4)15(20)18(13)9-10-21-12-7-5-6-8-12/h11-13H,5-10H2,1-4H3,(H,17,19). The van der Waals surface area contributed by atoms with Crippen molar-refractivity contribution in [3.8, 4) is 0 Å². The van der Waals surface area contributed by atoms with E-state index in [0.717, 1.165) is 12.8 Å². The number of nitrogens with one attached hydrogen (secondary N) is 1. The van der Waals surface area contributed by atoms with Crippen LogP contribution in [0.4, 0.5) is 0 Å². The minimum Gasteiger partial charge on any atom is -0.376 e. The third kappa shape index (κ3) is 3.57. The minimum atomic E-state index is -0.824. The predicted octanol–water partition coefficient (Wildman–Crippen LogP) is 1.71. The van der Waals surface area contributed by atoms with Crippen molar-refractivity contribution in [3.63, 3.8) is 0 Å². The highest BCUT2D eigenvalue weighted by molar-refractivity contribution is 5.99. The number of hydrogen-bond acceptors (Lipinski definition) is 3. The fourth-order valence-corrected chi connectivity index (χ4v) is 3.34. The number of rotatable bonds is 5. The molecule has 0 radical (unpaired) electrons. The Bertz CT molecular complexity index is 400. The quantitative estimate of drug-likeness (QED) is 0.840. The van der Waals surface area contributed by atoms with E-state index in [9.17, 15) is 9.59 Å². The van der Waals surface area contributed by atoms with Crippen molar-refractivity contribution in [3.05, 3.63) is 0 Å². The van der Waals surface area contributed by atoms with Gasteiger partial charge in [-0.1, -0.05) is 26.7 Å². The van der Waals surface area contributed by atoms with Crippen LogP contribution in [0.15, 0.2) is 0 Å². The van der Waals surface area contributed by atoms with Crippen LogP contribution in [0.3, 0.4) is 0 Å². The molecule has 0 aromatic rings. The molecule has 0 aromatic heterocycles. The fourth-order valence-electron chi connectivity index (χ4n) is 3.34. The molecule has 5 nitrogen and oxygen atoms in total. The first-order chi connectivity index (χ1) is 9.83. The minimum absolute atomic E-state index is 0.0178. The summed E-state index contributed by atoms with van der Waals surface area (Å²) in [6.45, 7) is 8.47. The molecule has 0 spiro atoms. The third-order valence-electron chi connectivity index (χ3n) is 4.46. The molecule has 1 unspecified atom stereocenters. The van der Waals surface area contributed by atoms with Gasteiger partial charge in [0.15, 0.2) is 0 Å². The molecular weight excluding hydrogens is 268 g/mol. The zero-order valence-corrected chi connectivity index (χ0v) is 13.6. The Balaban J connectivity index is 2.00. The molecule has 2 amide bonds. The molecule has 1 aliphatic heterocycles. The number of carbonyl (C=O) groups excluding carboxylic acids is 2. The van der Waals surface area contributed by atoms with E-state index in [0.29, 0.717) is 19.3 Å². The molecule has 1 aliphatic carbocycles. The predicted molar refractivity (Wildman–Crippen MR) is 80.8 cm³/mol. The number of piperazine rings is 1. The van der Waals surface area contributed by atoms with Crippen molar-refractivity contribution in [2.75, 3.05) is 13.2 Å². The largest absolute Gasteiger partial charge is 0.376 e. The molecule has 1 atom stereocenters. The zero-order valence-electron chi connectivity index (χ0n) is 13.6. The van der Waals surface area contributed by atoms with E-state index in [2.05, 4.69) is 5.32 Å². The number of ether oxygens (including phenoxy) is 1. The molecule has 1 N–H and O–H groups in total. The van der Waals surface area contributed by atoms with Crippen molar-refractivity contribution in [1.82, 2.24) is 10.2 Å². The molecule has 120 valence electrons. The maximum atomic E-state index is 12.6. The van der Waals surface area contributed by atoms with Gasteiger partial charge in [0.25, 0.3) is 0 Å². The Morgan fingerprint density at radius 1 is 1.29 bits per heavy atom. The molecule has 1 saturated carbocycles. The van der Waals surface area contributed by atoms with Crippen molar-refractivity contribution in [1.29, 1.82) is 0 Å². The van der Waals surface area contributed by atoms with Crippen LogP contribution in [-0.2, 0) is 14.3 Å². The average Bonchev–Trinajstić information content (AvgIpc) is 2.87.